The Balaban J connectivity index is 1.27. The van der Waals surface area contributed by atoms with Crippen LogP contribution in [0.15, 0.2) is 73.2 Å². The fourth-order valence-corrected chi connectivity index (χ4v) is 4.16. The second-order valence-corrected chi connectivity index (χ2v) is 8.00. The number of benzene rings is 2. The van der Waals surface area contributed by atoms with E-state index in [1.54, 1.807) is 24.5 Å². The molecule has 0 atom stereocenters. The van der Waals surface area contributed by atoms with Gasteiger partial charge in [0.15, 0.2) is 5.82 Å². The van der Waals surface area contributed by atoms with Gasteiger partial charge < -0.3 is 4.90 Å². The van der Waals surface area contributed by atoms with Gasteiger partial charge in [-0.1, -0.05) is 18.2 Å². The number of halogens is 1. The van der Waals surface area contributed by atoms with E-state index in [1.807, 2.05) is 29.1 Å². The summed E-state index contributed by atoms with van der Waals surface area (Å²) >= 11 is 0. The number of hydrogen-bond donors (Lipinski definition) is 0. The molecule has 32 heavy (non-hydrogen) atoms. The third-order valence-corrected chi connectivity index (χ3v) is 5.97. The van der Waals surface area contributed by atoms with Crippen LogP contribution in [-0.2, 0) is 6.54 Å². The first kappa shape index (κ1) is 20.3. The highest BCUT2D eigenvalue weighted by atomic mass is 19.1. The summed E-state index contributed by atoms with van der Waals surface area (Å²) in [7, 11) is 0. The molecule has 0 amide bonds. The predicted octanol–water partition coefficient (Wildman–Crippen LogP) is 4.10. The van der Waals surface area contributed by atoms with Crippen molar-refractivity contribution in [1.82, 2.24) is 24.6 Å². The molecule has 162 valence electrons. The monoisotopic (exact) mass is 428 g/mol. The number of hydrogen-bond acceptors (Lipinski definition) is 5. The number of rotatable bonds is 5. The summed E-state index contributed by atoms with van der Waals surface area (Å²) in [6.45, 7) is 6.57. The van der Waals surface area contributed by atoms with Gasteiger partial charge in [-0.3, -0.25) is 9.88 Å². The van der Waals surface area contributed by atoms with E-state index in [9.17, 15) is 4.39 Å². The molecule has 5 rings (SSSR count). The van der Waals surface area contributed by atoms with E-state index in [0.29, 0.717) is 0 Å². The van der Waals surface area contributed by atoms with E-state index in [-0.39, 0.29) is 5.82 Å². The Morgan fingerprint density at radius 2 is 1.59 bits per heavy atom. The molecule has 1 aliphatic heterocycles. The van der Waals surface area contributed by atoms with E-state index in [0.717, 1.165) is 55.5 Å². The maximum Gasteiger partial charge on any atom is 0.155 e. The van der Waals surface area contributed by atoms with Crippen molar-refractivity contribution >= 4 is 5.82 Å². The van der Waals surface area contributed by atoms with E-state index >= 15 is 0 Å². The fourth-order valence-electron chi connectivity index (χ4n) is 4.16. The number of nitrogens with zero attached hydrogens (tertiary/aromatic N) is 6. The average molecular weight is 429 g/mol. The second kappa shape index (κ2) is 8.88. The molecule has 4 aromatic rings. The summed E-state index contributed by atoms with van der Waals surface area (Å²) in [5.41, 5.74) is 5.17. The average Bonchev–Trinajstić information content (AvgIpc) is 3.20. The minimum Gasteiger partial charge on any atom is -0.352 e. The Labute approximate surface area is 187 Å². The molecule has 0 N–H and O–H groups in total. The van der Waals surface area contributed by atoms with Gasteiger partial charge in [0, 0.05) is 61.9 Å². The van der Waals surface area contributed by atoms with Crippen LogP contribution in [0.3, 0.4) is 0 Å². The topological polar surface area (TPSA) is 50.1 Å². The van der Waals surface area contributed by atoms with Crippen molar-refractivity contribution in [3.05, 3.63) is 90.3 Å². The van der Waals surface area contributed by atoms with Crippen molar-refractivity contribution in [1.29, 1.82) is 0 Å². The predicted molar refractivity (Wildman–Crippen MR) is 123 cm³/mol. The standard InChI is InChI=1S/C25H25FN6/c1-19-21(17-29-32(19)23-5-3-2-4-6-23)18-30-13-15-31(16-14-30)25-24(27-11-12-28-25)20-7-9-22(26)10-8-20/h2-12,17H,13-16,18H2,1H3. The van der Waals surface area contributed by atoms with Crippen molar-refractivity contribution in [2.75, 3.05) is 31.1 Å². The van der Waals surface area contributed by atoms with Gasteiger partial charge in [-0.2, -0.15) is 5.10 Å². The van der Waals surface area contributed by atoms with Gasteiger partial charge in [-0.05, 0) is 43.3 Å². The van der Waals surface area contributed by atoms with E-state index in [4.69, 9.17) is 0 Å². The van der Waals surface area contributed by atoms with E-state index < -0.39 is 0 Å². The quantitative estimate of drug-likeness (QED) is 0.479. The highest BCUT2D eigenvalue weighted by Crippen LogP contribution is 2.28. The Kier molecular flexibility index (Phi) is 5.64. The molecule has 0 saturated carbocycles. The highest BCUT2D eigenvalue weighted by molar-refractivity contribution is 5.72. The minimum absolute atomic E-state index is 0.251. The first-order valence-electron chi connectivity index (χ1n) is 10.8. The smallest absolute Gasteiger partial charge is 0.155 e. The summed E-state index contributed by atoms with van der Waals surface area (Å²) in [5, 5.41) is 4.60. The first-order valence-corrected chi connectivity index (χ1v) is 10.8. The van der Waals surface area contributed by atoms with Gasteiger partial charge in [-0.25, -0.2) is 14.1 Å². The molecule has 1 aliphatic rings. The normalized spacial score (nSPS) is 14.6. The molecule has 1 fully saturated rings. The lowest BCUT2D eigenvalue weighted by Gasteiger charge is -2.35. The summed E-state index contributed by atoms with van der Waals surface area (Å²) in [6.07, 6.45) is 5.38. The zero-order valence-corrected chi connectivity index (χ0v) is 18.0. The lowest BCUT2D eigenvalue weighted by molar-refractivity contribution is 0.249. The zero-order chi connectivity index (χ0) is 21.9. The van der Waals surface area contributed by atoms with Crippen LogP contribution in [0, 0.1) is 12.7 Å². The van der Waals surface area contributed by atoms with Crippen molar-refractivity contribution in [2.45, 2.75) is 13.5 Å². The number of aromatic nitrogens is 4. The number of piperazine rings is 1. The number of para-hydroxylation sites is 1. The van der Waals surface area contributed by atoms with E-state index in [1.165, 1.54) is 23.4 Å². The van der Waals surface area contributed by atoms with Crippen molar-refractivity contribution in [3.63, 3.8) is 0 Å². The van der Waals surface area contributed by atoms with Gasteiger partial charge in [0.25, 0.3) is 0 Å². The van der Waals surface area contributed by atoms with Gasteiger partial charge in [0.2, 0.25) is 0 Å². The molecule has 2 aromatic heterocycles. The third kappa shape index (κ3) is 4.11. The Morgan fingerprint density at radius 1 is 0.875 bits per heavy atom. The summed E-state index contributed by atoms with van der Waals surface area (Å²) in [5.74, 6) is 0.602. The molecule has 0 aliphatic carbocycles. The van der Waals surface area contributed by atoms with Crippen LogP contribution >= 0.6 is 0 Å². The third-order valence-electron chi connectivity index (χ3n) is 5.97. The van der Waals surface area contributed by atoms with Crippen molar-refractivity contribution in [2.24, 2.45) is 0 Å². The van der Waals surface area contributed by atoms with Crippen LogP contribution in [0.4, 0.5) is 10.2 Å². The Hall–Kier alpha value is -3.58. The van der Waals surface area contributed by atoms with Crippen LogP contribution in [0.25, 0.3) is 16.9 Å². The highest BCUT2D eigenvalue weighted by Gasteiger charge is 2.22. The van der Waals surface area contributed by atoms with Gasteiger partial charge in [0.05, 0.1) is 11.9 Å². The Bertz CT molecular complexity index is 1180. The summed E-state index contributed by atoms with van der Waals surface area (Å²) < 4.78 is 15.3. The maximum absolute atomic E-state index is 13.3. The van der Waals surface area contributed by atoms with Gasteiger partial charge in [0.1, 0.15) is 11.5 Å². The van der Waals surface area contributed by atoms with E-state index in [2.05, 4.69) is 43.9 Å². The lowest BCUT2D eigenvalue weighted by Crippen LogP contribution is -2.46. The SMILES string of the molecule is Cc1c(CN2CCN(c3nccnc3-c3ccc(F)cc3)CC2)cnn1-c1ccccc1. The Morgan fingerprint density at radius 3 is 2.34 bits per heavy atom. The van der Waals surface area contributed by atoms with Crippen LogP contribution < -0.4 is 4.90 Å². The van der Waals surface area contributed by atoms with Crippen molar-refractivity contribution in [3.8, 4) is 16.9 Å². The zero-order valence-electron chi connectivity index (χ0n) is 18.0. The maximum atomic E-state index is 13.3. The molecular weight excluding hydrogens is 403 g/mol. The summed E-state index contributed by atoms with van der Waals surface area (Å²) in [6, 6.07) is 16.7. The fraction of sp³-hybridized carbons (Fsp3) is 0.240. The first-order chi connectivity index (χ1) is 15.7. The van der Waals surface area contributed by atoms with Gasteiger partial charge >= 0.3 is 0 Å². The molecule has 1 saturated heterocycles. The van der Waals surface area contributed by atoms with Crippen LogP contribution in [0.5, 0.6) is 0 Å². The largest absolute Gasteiger partial charge is 0.352 e. The molecule has 2 aromatic carbocycles. The molecule has 0 spiro atoms. The molecule has 6 nitrogen and oxygen atoms in total. The van der Waals surface area contributed by atoms with Gasteiger partial charge in [-0.15, -0.1) is 0 Å². The second-order valence-electron chi connectivity index (χ2n) is 8.00. The molecular formula is C25H25FN6. The van der Waals surface area contributed by atoms with Crippen molar-refractivity contribution < 1.29 is 4.39 Å². The van der Waals surface area contributed by atoms with Crippen LogP contribution in [-0.4, -0.2) is 50.8 Å². The minimum atomic E-state index is -0.251. The molecule has 0 bridgehead atoms. The lowest BCUT2D eigenvalue weighted by atomic mass is 10.1. The summed E-state index contributed by atoms with van der Waals surface area (Å²) in [4.78, 5) is 13.8. The van der Waals surface area contributed by atoms with Crippen LogP contribution in [0.2, 0.25) is 0 Å². The molecule has 3 heterocycles. The number of anilines is 1. The molecule has 0 unspecified atom stereocenters. The molecule has 7 heteroatoms. The molecule has 0 radical (unpaired) electrons. The van der Waals surface area contributed by atoms with Crippen LogP contribution in [0.1, 0.15) is 11.3 Å².